The Morgan fingerprint density at radius 3 is 2.68 bits per heavy atom. The molecule has 2 saturated heterocycles. The zero-order valence-corrected chi connectivity index (χ0v) is 13.4. The van der Waals surface area contributed by atoms with Crippen molar-refractivity contribution in [1.82, 2.24) is 19.9 Å². The summed E-state index contributed by atoms with van der Waals surface area (Å²) in [5.41, 5.74) is 0.993. The largest absolute Gasteiger partial charge is 0.355 e. The number of hydrogen-bond donors (Lipinski definition) is 0. The van der Waals surface area contributed by atoms with Gasteiger partial charge in [-0.2, -0.15) is 0 Å². The fraction of sp³-hybridized carbons (Fsp3) is 0.353. The van der Waals surface area contributed by atoms with Crippen molar-refractivity contribution < 1.29 is 18.9 Å². The van der Waals surface area contributed by atoms with Crippen molar-refractivity contribution in [1.29, 1.82) is 0 Å². The molecule has 4 rings (SSSR count). The summed E-state index contributed by atoms with van der Waals surface area (Å²) in [5, 5.41) is 3.84. The van der Waals surface area contributed by atoms with Crippen molar-refractivity contribution in [3.8, 4) is 11.3 Å². The fourth-order valence-corrected chi connectivity index (χ4v) is 3.12. The molecular formula is C17H16N4O4. The fourth-order valence-electron chi connectivity index (χ4n) is 3.12. The molecule has 2 aliphatic heterocycles. The molecule has 0 aromatic carbocycles. The molecule has 0 spiro atoms. The van der Waals surface area contributed by atoms with Gasteiger partial charge in [-0.25, -0.2) is 0 Å². The summed E-state index contributed by atoms with van der Waals surface area (Å²) >= 11 is 0. The highest BCUT2D eigenvalue weighted by molar-refractivity contribution is 6.02. The SMILES string of the molecule is O=C(c1cc(-c2cccnc2)on1)N1CC(CN2C(=O)CCC2=O)C1. The predicted octanol–water partition coefficient (Wildman–Crippen LogP) is 0.958. The number of hydrogen-bond acceptors (Lipinski definition) is 6. The van der Waals surface area contributed by atoms with Crippen LogP contribution in [0.15, 0.2) is 35.1 Å². The molecular weight excluding hydrogens is 324 g/mol. The van der Waals surface area contributed by atoms with Crippen LogP contribution in [-0.4, -0.2) is 57.3 Å². The van der Waals surface area contributed by atoms with Crippen LogP contribution in [0.1, 0.15) is 23.3 Å². The number of carbonyl (C=O) groups excluding carboxylic acids is 3. The van der Waals surface area contributed by atoms with Gasteiger partial charge in [0, 0.05) is 62.4 Å². The van der Waals surface area contributed by atoms with E-state index in [4.69, 9.17) is 4.52 Å². The number of imide groups is 1. The average Bonchev–Trinajstić information content (AvgIpc) is 3.19. The van der Waals surface area contributed by atoms with Crippen LogP contribution in [-0.2, 0) is 9.59 Å². The molecule has 0 saturated carbocycles. The highest BCUT2D eigenvalue weighted by Crippen LogP contribution is 2.24. The summed E-state index contributed by atoms with van der Waals surface area (Å²) < 4.78 is 5.22. The third-order valence-electron chi connectivity index (χ3n) is 4.52. The lowest BCUT2D eigenvalue weighted by Gasteiger charge is -2.40. The van der Waals surface area contributed by atoms with E-state index in [1.165, 1.54) is 4.90 Å². The van der Waals surface area contributed by atoms with Crippen LogP contribution >= 0.6 is 0 Å². The molecule has 2 fully saturated rings. The maximum Gasteiger partial charge on any atom is 0.276 e. The molecule has 128 valence electrons. The smallest absolute Gasteiger partial charge is 0.276 e. The average molecular weight is 340 g/mol. The minimum absolute atomic E-state index is 0.118. The summed E-state index contributed by atoms with van der Waals surface area (Å²) in [6, 6.07) is 5.20. The molecule has 0 N–H and O–H groups in total. The maximum absolute atomic E-state index is 12.4. The first-order valence-corrected chi connectivity index (χ1v) is 8.11. The number of pyridine rings is 1. The van der Waals surface area contributed by atoms with Gasteiger partial charge < -0.3 is 9.42 Å². The van der Waals surface area contributed by atoms with E-state index >= 15 is 0 Å². The summed E-state index contributed by atoms with van der Waals surface area (Å²) in [4.78, 5) is 42.6. The van der Waals surface area contributed by atoms with Gasteiger partial charge in [0.05, 0.1) is 0 Å². The van der Waals surface area contributed by atoms with E-state index in [1.54, 1.807) is 29.4 Å². The first kappa shape index (κ1) is 15.5. The Bertz CT molecular complexity index is 810. The van der Waals surface area contributed by atoms with Crippen molar-refractivity contribution in [2.45, 2.75) is 12.8 Å². The minimum Gasteiger partial charge on any atom is -0.355 e. The summed E-state index contributed by atoms with van der Waals surface area (Å²) in [6.07, 6.45) is 3.88. The van der Waals surface area contributed by atoms with Crippen LogP contribution < -0.4 is 0 Å². The van der Waals surface area contributed by atoms with Crippen molar-refractivity contribution >= 4 is 17.7 Å². The van der Waals surface area contributed by atoms with Crippen molar-refractivity contribution in [3.63, 3.8) is 0 Å². The second-order valence-corrected chi connectivity index (χ2v) is 6.29. The van der Waals surface area contributed by atoms with Gasteiger partial charge in [-0.1, -0.05) is 5.16 Å². The van der Waals surface area contributed by atoms with Gasteiger partial charge >= 0.3 is 0 Å². The summed E-state index contributed by atoms with van der Waals surface area (Å²) in [7, 11) is 0. The van der Waals surface area contributed by atoms with E-state index in [0.29, 0.717) is 38.2 Å². The minimum atomic E-state index is -0.214. The van der Waals surface area contributed by atoms with E-state index in [9.17, 15) is 14.4 Å². The molecule has 2 aliphatic rings. The molecule has 0 radical (unpaired) electrons. The highest BCUT2D eigenvalue weighted by atomic mass is 16.5. The number of rotatable bonds is 4. The second-order valence-electron chi connectivity index (χ2n) is 6.29. The van der Waals surface area contributed by atoms with E-state index in [2.05, 4.69) is 10.1 Å². The molecule has 2 aromatic rings. The van der Waals surface area contributed by atoms with Crippen molar-refractivity contribution in [2.75, 3.05) is 19.6 Å². The lowest BCUT2D eigenvalue weighted by atomic mass is 9.99. The number of nitrogens with zero attached hydrogens (tertiary/aromatic N) is 4. The Morgan fingerprint density at radius 2 is 2.00 bits per heavy atom. The van der Waals surface area contributed by atoms with Gasteiger partial charge in [-0.05, 0) is 12.1 Å². The summed E-state index contributed by atoms with van der Waals surface area (Å²) in [5.74, 6) is 0.162. The van der Waals surface area contributed by atoms with Gasteiger partial charge in [0.15, 0.2) is 11.5 Å². The van der Waals surface area contributed by atoms with E-state index < -0.39 is 0 Å². The van der Waals surface area contributed by atoms with E-state index in [1.807, 2.05) is 6.07 Å². The Hall–Kier alpha value is -3.03. The molecule has 0 bridgehead atoms. The lowest BCUT2D eigenvalue weighted by molar-refractivity contribution is -0.139. The van der Waals surface area contributed by atoms with E-state index in [-0.39, 0.29) is 29.3 Å². The highest BCUT2D eigenvalue weighted by Gasteiger charge is 2.37. The van der Waals surface area contributed by atoms with Gasteiger partial charge in [-0.3, -0.25) is 24.3 Å². The van der Waals surface area contributed by atoms with Crippen LogP contribution in [0, 0.1) is 5.92 Å². The van der Waals surface area contributed by atoms with Gasteiger partial charge in [-0.15, -0.1) is 0 Å². The van der Waals surface area contributed by atoms with Crippen LogP contribution in [0.25, 0.3) is 11.3 Å². The zero-order chi connectivity index (χ0) is 17.4. The van der Waals surface area contributed by atoms with Gasteiger partial charge in [0.25, 0.3) is 5.91 Å². The summed E-state index contributed by atoms with van der Waals surface area (Å²) in [6.45, 7) is 1.40. The quantitative estimate of drug-likeness (QED) is 0.769. The Kier molecular flexibility index (Phi) is 3.79. The second kappa shape index (κ2) is 6.12. The van der Waals surface area contributed by atoms with Crippen LogP contribution in [0.3, 0.4) is 0 Å². The standard InChI is InChI=1S/C17H16N4O4/c22-15-3-4-16(23)21(15)10-11-8-20(9-11)17(24)13-6-14(25-19-13)12-2-1-5-18-7-12/h1-2,5-7,11H,3-4,8-10H2. The molecule has 4 heterocycles. The first-order chi connectivity index (χ1) is 12.1. The van der Waals surface area contributed by atoms with E-state index in [0.717, 1.165) is 5.56 Å². The Labute approximate surface area is 143 Å². The third-order valence-corrected chi connectivity index (χ3v) is 4.52. The molecule has 8 nitrogen and oxygen atoms in total. The molecule has 0 aliphatic carbocycles. The Balaban J connectivity index is 1.35. The topological polar surface area (TPSA) is 96.6 Å². The van der Waals surface area contributed by atoms with Crippen molar-refractivity contribution in [2.24, 2.45) is 5.92 Å². The van der Waals surface area contributed by atoms with Crippen molar-refractivity contribution in [3.05, 3.63) is 36.3 Å². The normalized spacial score (nSPS) is 17.9. The number of carbonyl (C=O) groups is 3. The van der Waals surface area contributed by atoms with Gasteiger partial charge in [0.1, 0.15) is 0 Å². The third kappa shape index (κ3) is 2.90. The number of amides is 3. The number of aromatic nitrogens is 2. The molecule has 2 aromatic heterocycles. The lowest BCUT2D eigenvalue weighted by Crippen LogP contribution is -2.54. The monoisotopic (exact) mass is 340 g/mol. The Morgan fingerprint density at radius 1 is 1.24 bits per heavy atom. The first-order valence-electron chi connectivity index (χ1n) is 8.11. The molecule has 3 amide bonds. The van der Waals surface area contributed by atoms with Crippen LogP contribution in [0.4, 0.5) is 0 Å². The molecule has 25 heavy (non-hydrogen) atoms. The van der Waals surface area contributed by atoms with Crippen LogP contribution in [0.2, 0.25) is 0 Å². The number of likely N-dealkylation sites (tertiary alicyclic amines) is 2. The molecule has 0 unspecified atom stereocenters. The predicted molar refractivity (Wildman–Crippen MR) is 85.1 cm³/mol. The zero-order valence-electron chi connectivity index (χ0n) is 13.4. The molecule has 8 heteroatoms. The molecule has 0 atom stereocenters. The van der Waals surface area contributed by atoms with Gasteiger partial charge in [0.2, 0.25) is 11.8 Å². The van der Waals surface area contributed by atoms with Crippen LogP contribution in [0.5, 0.6) is 0 Å². The maximum atomic E-state index is 12.4.